The molecule has 0 fully saturated rings. The van der Waals surface area contributed by atoms with Crippen molar-refractivity contribution in [1.29, 1.82) is 0 Å². The molecule has 4 nitrogen and oxygen atoms in total. The highest BCUT2D eigenvalue weighted by Crippen LogP contribution is 2.10. The third kappa shape index (κ3) is 2.39. The number of anilines is 1. The Bertz CT molecular complexity index is 456. The molecule has 4 heteroatoms. The van der Waals surface area contributed by atoms with Crippen LogP contribution in [0.5, 0.6) is 0 Å². The average Bonchev–Trinajstić information content (AvgIpc) is 2.65. The molecule has 2 rings (SSSR count). The van der Waals surface area contributed by atoms with Gasteiger partial charge in [-0.3, -0.25) is 0 Å². The van der Waals surface area contributed by atoms with E-state index in [1.54, 1.807) is 17.1 Å². The lowest BCUT2D eigenvalue weighted by Crippen LogP contribution is -2.00. The van der Waals surface area contributed by atoms with Crippen LogP contribution in [-0.4, -0.2) is 14.8 Å². The minimum atomic E-state index is 0.646. The van der Waals surface area contributed by atoms with Crippen molar-refractivity contribution >= 4 is 5.69 Å². The first-order valence-corrected chi connectivity index (χ1v) is 5.40. The zero-order chi connectivity index (χ0) is 11.5. The van der Waals surface area contributed by atoms with Crippen LogP contribution in [0.4, 0.5) is 5.69 Å². The molecule has 0 spiro atoms. The van der Waals surface area contributed by atoms with Gasteiger partial charge in [0.1, 0.15) is 0 Å². The van der Waals surface area contributed by atoms with Crippen LogP contribution < -0.4 is 5.73 Å². The van der Waals surface area contributed by atoms with E-state index in [2.05, 4.69) is 30.0 Å². The lowest BCUT2D eigenvalue weighted by Gasteiger charge is -2.05. The molecular formula is C12H16N4. The van der Waals surface area contributed by atoms with E-state index in [1.165, 1.54) is 5.56 Å². The van der Waals surface area contributed by atoms with E-state index < -0.39 is 0 Å². The molecule has 0 radical (unpaired) electrons. The number of nitrogen functional groups attached to an aromatic ring is 1. The maximum Gasteiger partial charge on any atom is 0.153 e. The van der Waals surface area contributed by atoms with Gasteiger partial charge < -0.3 is 5.73 Å². The second-order valence-corrected chi connectivity index (χ2v) is 4.34. The normalized spacial score (nSPS) is 10.9. The number of nitrogens with two attached hydrogens (primary N) is 1. The van der Waals surface area contributed by atoms with Gasteiger partial charge in [0.05, 0.1) is 18.1 Å². The van der Waals surface area contributed by atoms with Crippen LogP contribution in [0.3, 0.4) is 0 Å². The first-order valence-electron chi connectivity index (χ1n) is 5.40. The van der Waals surface area contributed by atoms with Gasteiger partial charge in [0.15, 0.2) is 5.82 Å². The molecule has 0 aliphatic heterocycles. The van der Waals surface area contributed by atoms with E-state index in [0.717, 1.165) is 12.2 Å². The van der Waals surface area contributed by atoms with Crippen LogP contribution in [0, 0.1) is 5.92 Å². The summed E-state index contributed by atoms with van der Waals surface area (Å²) >= 11 is 0. The number of aromatic nitrogens is 3. The van der Waals surface area contributed by atoms with Crippen LogP contribution in [0.1, 0.15) is 19.4 Å². The van der Waals surface area contributed by atoms with Gasteiger partial charge in [-0.1, -0.05) is 19.9 Å². The number of rotatable bonds is 3. The molecule has 0 atom stereocenters. The molecule has 0 bridgehead atoms. The van der Waals surface area contributed by atoms with Crippen LogP contribution in [0.2, 0.25) is 0 Å². The molecule has 0 aromatic carbocycles. The van der Waals surface area contributed by atoms with E-state index in [9.17, 15) is 0 Å². The topological polar surface area (TPSA) is 56.7 Å². The van der Waals surface area contributed by atoms with Gasteiger partial charge in [-0.2, -0.15) is 5.10 Å². The summed E-state index contributed by atoms with van der Waals surface area (Å²) in [5.41, 5.74) is 7.50. The van der Waals surface area contributed by atoms with Crippen molar-refractivity contribution in [3.8, 4) is 5.82 Å². The molecule has 0 amide bonds. The molecule has 0 unspecified atom stereocenters. The predicted octanol–water partition coefficient (Wildman–Crippen LogP) is 2.05. The molecule has 84 valence electrons. The van der Waals surface area contributed by atoms with Gasteiger partial charge in [0, 0.05) is 6.20 Å². The average molecular weight is 216 g/mol. The largest absolute Gasteiger partial charge is 0.396 e. The summed E-state index contributed by atoms with van der Waals surface area (Å²) in [5.74, 6) is 1.44. The maximum absolute atomic E-state index is 5.60. The van der Waals surface area contributed by atoms with Gasteiger partial charge >= 0.3 is 0 Å². The van der Waals surface area contributed by atoms with Gasteiger partial charge in [-0.25, -0.2) is 9.67 Å². The summed E-state index contributed by atoms with van der Waals surface area (Å²) in [6.07, 6.45) is 6.32. The number of hydrogen-bond donors (Lipinski definition) is 1. The Kier molecular flexibility index (Phi) is 2.90. The van der Waals surface area contributed by atoms with Gasteiger partial charge in [0.2, 0.25) is 0 Å². The Morgan fingerprint density at radius 3 is 2.62 bits per heavy atom. The van der Waals surface area contributed by atoms with Crippen molar-refractivity contribution in [1.82, 2.24) is 14.8 Å². The zero-order valence-corrected chi connectivity index (χ0v) is 9.59. The lowest BCUT2D eigenvalue weighted by atomic mass is 10.1. The summed E-state index contributed by atoms with van der Waals surface area (Å²) in [6, 6.07) is 4.05. The fourth-order valence-corrected chi connectivity index (χ4v) is 1.61. The van der Waals surface area contributed by atoms with Gasteiger partial charge in [0.25, 0.3) is 0 Å². The standard InChI is InChI=1S/C12H16N4/c1-9(2)5-10-3-4-12(14-6-10)16-8-11(13)7-15-16/h3-4,6-9H,5,13H2,1-2H3. The molecule has 2 aromatic heterocycles. The van der Waals surface area contributed by atoms with Crippen LogP contribution in [-0.2, 0) is 6.42 Å². The second-order valence-electron chi connectivity index (χ2n) is 4.34. The van der Waals surface area contributed by atoms with Crippen LogP contribution >= 0.6 is 0 Å². The van der Waals surface area contributed by atoms with E-state index in [1.807, 2.05) is 12.3 Å². The van der Waals surface area contributed by atoms with Crippen molar-refractivity contribution in [2.75, 3.05) is 5.73 Å². The predicted molar refractivity (Wildman–Crippen MR) is 64.3 cm³/mol. The Hall–Kier alpha value is -1.84. The highest BCUT2D eigenvalue weighted by atomic mass is 15.3. The Morgan fingerprint density at radius 2 is 2.12 bits per heavy atom. The Balaban J connectivity index is 2.19. The SMILES string of the molecule is CC(C)Cc1ccc(-n2cc(N)cn2)nc1. The smallest absolute Gasteiger partial charge is 0.153 e. The summed E-state index contributed by atoms with van der Waals surface area (Å²) in [5, 5.41) is 4.11. The van der Waals surface area contributed by atoms with E-state index in [0.29, 0.717) is 11.6 Å². The third-order valence-corrected chi connectivity index (χ3v) is 2.29. The molecular weight excluding hydrogens is 200 g/mol. The summed E-state index contributed by atoms with van der Waals surface area (Å²) in [4.78, 5) is 4.36. The highest BCUT2D eigenvalue weighted by molar-refractivity contribution is 5.35. The zero-order valence-electron chi connectivity index (χ0n) is 9.59. The molecule has 2 heterocycles. The molecule has 0 saturated carbocycles. The molecule has 0 saturated heterocycles. The first-order chi connectivity index (χ1) is 7.65. The number of hydrogen-bond acceptors (Lipinski definition) is 3. The van der Waals surface area contributed by atoms with Gasteiger partial charge in [-0.15, -0.1) is 0 Å². The minimum absolute atomic E-state index is 0.646. The lowest BCUT2D eigenvalue weighted by molar-refractivity contribution is 0.645. The quantitative estimate of drug-likeness (QED) is 0.854. The summed E-state index contributed by atoms with van der Waals surface area (Å²) in [7, 11) is 0. The fourth-order valence-electron chi connectivity index (χ4n) is 1.61. The fraction of sp³-hybridized carbons (Fsp3) is 0.333. The van der Waals surface area contributed by atoms with Crippen molar-refractivity contribution in [2.24, 2.45) is 5.92 Å². The van der Waals surface area contributed by atoms with Crippen LogP contribution in [0.15, 0.2) is 30.7 Å². The minimum Gasteiger partial charge on any atom is -0.396 e. The molecule has 2 N–H and O–H groups in total. The van der Waals surface area contributed by atoms with Crippen molar-refractivity contribution in [3.05, 3.63) is 36.3 Å². The third-order valence-electron chi connectivity index (χ3n) is 2.29. The van der Waals surface area contributed by atoms with E-state index >= 15 is 0 Å². The van der Waals surface area contributed by atoms with Crippen molar-refractivity contribution < 1.29 is 0 Å². The Labute approximate surface area is 95.1 Å². The first kappa shape index (κ1) is 10.7. The second kappa shape index (κ2) is 4.35. The molecule has 0 aliphatic carbocycles. The van der Waals surface area contributed by atoms with Crippen LogP contribution in [0.25, 0.3) is 5.82 Å². The number of nitrogens with zero attached hydrogens (tertiary/aromatic N) is 3. The monoisotopic (exact) mass is 216 g/mol. The van der Waals surface area contributed by atoms with Crippen molar-refractivity contribution in [2.45, 2.75) is 20.3 Å². The van der Waals surface area contributed by atoms with Gasteiger partial charge in [-0.05, 0) is 24.0 Å². The maximum atomic E-state index is 5.60. The highest BCUT2D eigenvalue weighted by Gasteiger charge is 2.01. The summed E-state index contributed by atoms with van der Waals surface area (Å²) in [6.45, 7) is 4.39. The summed E-state index contributed by atoms with van der Waals surface area (Å²) < 4.78 is 1.68. The van der Waals surface area contributed by atoms with E-state index in [-0.39, 0.29) is 0 Å². The van der Waals surface area contributed by atoms with Crippen molar-refractivity contribution in [3.63, 3.8) is 0 Å². The molecule has 0 aliphatic rings. The Morgan fingerprint density at radius 1 is 1.31 bits per heavy atom. The molecule has 2 aromatic rings. The van der Waals surface area contributed by atoms with E-state index in [4.69, 9.17) is 5.73 Å². The molecule has 16 heavy (non-hydrogen) atoms. The number of pyridine rings is 1.